The summed E-state index contributed by atoms with van der Waals surface area (Å²) in [4.78, 5) is 33.3. The third kappa shape index (κ3) is 5.48. The Balaban J connectivity index is 1.30. The standard InChI is InChI=1S/C36H41ClF2N6O3/c1-6-36(15-9-16-43(36)7-2)20-47-33-41-31-23(32(42-33)45-19-26-25(45)14-17-44(26)34(46)48-35(3,4)5)18-40-30(29(31)39)22-11-8-10-21-12-13-24(38)28(37)27(21)22/h8,10-13,18,25-26H,6-7,9,14-17,19-20H2,1-5H3/t25-,26-,36?/m1/s1. The number of likely N-dealkylation sites (tertiary alicyclic amines) is 2. The van der Waals surface area contributed by atoms with Crippen LogP contribution >= 0.6 is 11.6 Å². The number of anilines is 1. The molecule has 9 nitrogen and oxygen atoms in total. The molecule has 0 radical (unpaired) electrons. The number of aromatic nitrogens is 3. The summed E-state index contributed by atoms with van der Waals surface area (Å²) >= 11 is 6.43. The number of halogens is 3. The predicted octanol–water partition coefficient (Wildman–Crippen LogP) is 7.62. The van der Waals surface area contributed by atoms with Crippen LogP contribution in [0.3, 0.4) is 0 Å². The number of ether oxygens (including phenoxy) is 2. The topological polar surface area (TPSA) is 83.9 Å². The zero-order chi connectivity index (χ0) is 34.0. The van der Waals surface area contributed by atoms with Crippen LogP contribution in [0.25, 0.3) is 32.9 Å². The van der Waals surface area contributed by atoms with Crippen LogP contribution in [0.1, 0.15) is 60.3 Å². The van der Waals surface area contributed by atoms with Crippen LogP contribution in [0.15, 0.2) is 36.5 Å². The first kappa shape index (κ1) is 32.7. The van der Waals surface area contributed by atoms with Gasteiger partial charge in [-0.05, 0) is 71.0 Å². The maximum atomic E-state index is 16.8. The maximum Gasteiger partial charge on any atom is 0.410 e. The van der Waals surface area contributed by atoms with Gasteiger partial charge < -0.3 is 19.3 Å². The summed E-state index contributed by atoms with van der Waals surface area (Å²) in [6.07, 6.45) is 4.92. The molecule has 5 heterocycles. The van der Waals surface area contributed by atoms with Gasteiger partial charge in [-0.2, -0.15) is 9.97 Å². The summed E-state index contributed by atoms with van der Waals surface area (Å²) in [5.41, 5.74) is -0.328. The van der Waals surface area contributed by atoms with Gasteiger partial charge in [-0.1, -0.05) is 49.7 Å². The molecule has 3 saturated heterocycles. The molecule has 3 atom stereocenters. The van der Waals surface area contributed by atoms with E-state index in [-0.39, 0.29) is 46.0 Å². The Morgan fingerprint density at radius 2 is 1.92 bits per heavy atom. The normalized spacial score (nSPS) is 22.8. The van der Waals surface area contributed by atoms with E-state index in [1.807, 2.05) is 20.8 Å². The second kappa shape index (κ2) is 12.2. The summed E-state index contributed by atoms with van der Waals surface area (Å²) in [7, 11) is 0. The van der Waals surface area contributed by atoms with Gasteiger partial charge in [-0.25, -0.2) is 13.6 Å². The number of hydrogen-bond acceptors (Lipinski definition) is 8. The second-order valence-electron chi connectivity index (χ2n) is 14.1. The van der Waals surface area contributed by atoms with Crippen LogP contribution in [0, 0.1) is 11.6 Å². The average molecular weight is 679 g/mol. The van der Waals surface area contributed by atoms with E-state index >= 15 is 4.39 Å². The quantitative estimate of drug-likeness (QED) is 0.198. The molecular weight excluding hydrogens is 638 g/mol. The molecule has 3 aliphatic rings. The van der Waals surface area contributed by atoms with Crippen LogP contribution in [0.5, 0.6) is 6.01 Å². The largest absolute Gasteiger partial charge is 0.461 e. The lowest BCUT2D eigenvalue weighted by molar-refractivity contribution is 0.0193. The predicted molar refractivity (Wildman–Crippen MR) is 183 cm³/mol. The Kier molecular flexibility index (Phi) is 8.35. The number of rotatable bonds is 7. The third-order valence-corrected chi connectivity index (χ3v) is 10.6. The molecule has 254 valence electrons. The van der Waals surface area contributed by atoms with E-state index in [4.69, 9.17) is 26.1 Å². The third-order valence-electron chi connectivity index (χ3n) is 10.3. The van der Waals surface area contributed by atoms with Gasteiger partial charge in [0.1, 0.15) is 35.1 Å². The van der Waals surface area contributed by atoms with Crippen molar-refractivity contribution in [1.82, 2.24) is 24.8 Å². The van der Waals surface area contributed by atoms with Crippen molar-refractivity contribution in [3.63, 3.8) is 0 Å². The molecule has 0 N–H and O–H groups in total. The van der Waals surface area contributed by atoms with Crippen LogP contribution in [-0.2, 0) is 4.74 Å². The Bertz CT molecular complexity index is 1900. The summed E-state index contributed by atoms with van der Waals surface area (Å²) < 4.78 is 43.5. The number of fused-ring (bicyclic) bond motifs is 3. The first-order valence-corrected chi connectivity index (χ1v) is 17.2. The second-order valence-corrected chi connectivity index (χ2v) is 14.5. The van der Waals surface area contributed by atoms with E-state index in [1.165, 1.54) is 6.07 Å². The summed E-state index contributed by atoms with van der Waals surface area (Å²) in [5, 5.41) is 1.37. The highest BCUT2D eigenvalue weighted by molar-refractivity contribution is 6.36. The van der Waals surface area contributed by atoms with Crippen molar-refractivity contribution in [2.75, 3.05) is 37.7 Å². The van der Waals surface area contributed by atoms with Gasteiger partial charge in [0.25, 0.3) is 0 Å². The van der Waals surface area contributed by atoms with E-state index in [0.29, 0.717) is 53.7 Å². The van der Waals surface area contributed by atoms with Crippen LogP contribution in [0.2, 0.25) is 5.02 Å². The molecule has 1 amide bonds. The van der Waals surface area contributed by atoms with Crippen LogP contribution < -0.4 is 9.64 Å². The minimum atomic E-state index is -0.672. The van der Waals surface area contributed by atoms with Gasteiger partial charge >= 0.3 is 12.1 Å². The van der Waals surface area contributed by atoms with Crippen molar-refractivity contribution in [1.29, 1.82) is 0 Å². The van der Waals surface area contributed by atoms with E-state index in [2.05, 4.69) is 33.6 Å². The SMILES string of the molecule is CCN1CCCC1(CC)COc1nc(N2C[C@@H]3[C@H]2CCN3C(=O)OC(C)(C)C)c2cnc(-c3cccc4ccc(F)c(Cl)c34)c(F)c2n1. The highest BCUT2D eigenvalue weighted by Gasteiger charge is 2.51. The first-order valence-electron chi connectivity index (χ1n) is 16.8. The van der Waals surface area contributed by atoms with Gasteiger partial charge in [-0.3, -0.25) is 9.88 Å². The van der Waals surface area contributed by atoms with Crippen molar-refractivity contribution in [2.24, 2.45) is 0 Å². The molecule has 3 fully saturated rings. The van der Waals surface area contributed by atoms with Crippen LogP contribution in [0.4, 0.5) is 19.4 Å². The zero-order valence-corrected chi connectivity index (χ0v) is 28.8. The maximum absolute atomic E-state index is 16.8. The van der Waals surface area contributed by atoms with Gasteiger partial charge in [0.15, 0.2) is 5.82 Å². The molecule has 2 aromatic carbocycles. The fourth-order valence-corrected chi connectivity index (χ4v) is 8.04. The number of likely N-dealkylation sites (N-methyl/N-ethyl adjacent to an activating group) is 1. The highest BCUT2D eigenvalue weighted by atomic mass is 35.5. The highest BCUT2D eigenvalue weighted by Crippen LogP contribution is 2.42. The number of benzene rings is 2. The molecule has 7 rings (SSSR count). The minimum absolute atomic E-state index is 0.00707. The summed E-state index contributed by atoms with van der Waals surface area (Å²) in [5.74, 6) is -0.763. The number of carbonyl (C=O) groups excluding carboxylic acids is 1. The number of nitrogens with zero attached hydrogens (tertiary/aromatic N) is 6. The summed E-state index contributed by atoms with van der Waals surface area (Å²) in [6.45, 7) is 13.2. The first-order chi connectivity index (χ1) is 22.9. The van der Waals surface area contributed by atoms with Crippen LogP contribution in [-0.4, -0.2) is 86.9 Å². The minimum Gasteiger partial charge on any atom is -0.461 e. The fourth-order valence-electron chi connectivity index (χ4n) is 7.76. The van der Waals surface area contributed by atoms with Gasteiger partial charge in [0, 0.05) is 30.2 Å². The van der Waals surface area contributed by atoms with E-state index < -0.39 is 17.2 Å². The molecule has 1 unspecified atom stereocenters. The van der Waals surface area contributed by atoms with E-state index in [0.717, 1.165) is 32.4 Å². The molecule has 4 aromatic rings. The van der Waals surface area contributed by atoms with Crippen molar-refractivity contribution >= 4 is 45.2 Å². The zero-order valence-electron chi connectivity index (χ0n) is 28.0. The molecule has 0 saturated carbocycles. The molecule has 0 bridgehead atoms. The fraction of sp³-hybridized carbons (Fsp3) is 0.500. The van der Waals surface area contributed by atoms with Crippen molar-refractivity contribution < 1.29 is 23.0 Å². The Morgan fingerprint density at radius 1 is 1.10 bits per heavy atom. The molecule has 2 aromatic heterocycles. The Labute approximate surface area is 284 Å². The Morgan fingerprint density at radius 3 is 2.67 bits per heavy atom. The molecule has 48 heavy (non-hydrogen) atoms. The van der Waals surface area contributed by atoms with E-state index in [9.17, 15) is 9.18 Å². The van der Waals surface area contributed by atoms with E-state index in [1.54, 1.807) is 35.4 Å². The lowest BCUT2D eigenvalue weighted by atomic mass is 9.94. The Hall–Kier alpha value is -3.83. The number of pyridine rings is 1. The molecule has 3 aliphatic heterocycles. The number of hydrogen-bond donors (Lipinski definition) is 0. The van der Waals surface area contributed by atoms with Gasteiger partial charge in [-0.15, -0.1) is 0 Å². The number of carbonyl (C=O) groups is 1. The lowest BCUT2D eigenvalue weighted by Crippen LogP contribution is -2.63. The lowest BCUT2D eigenvalue weighted by Gasteiger charge is -2.47. The van der Waals surface area contributed by atoms with Crippen molar-refractivity contribution in [3.8, 4) is 17.3 Å². The number of amides is 1. The monoisotopic (exact) mass is 678 g/mol. The molecular formula is C36H41ClF2N6O3. The van der Waals surface area contributed by atoms with Gasteiger partial charge in [0.2, 0.25) is 0 Å². The van der Waals surface area contributed by atoms with Gasteiger partial charge in [0.05, 0.1) is 28.0 Å². The smallest absolute Gasteiger partial charge is 0.410 e. The molecule has 0 spiro atoms. The summed E-state index contributed by atoms with van der Waals surface area (Å²) in [6, 6.07) is 8.14. The van der Waals surface area contributed by atoms with Crippen molar-refractivity contribution in [3.05, 3.63) is 53.2 Å². The molecule has 12 heteroatoms. The van der Waals surface area contributed by atoms with Crippen molar-refractivity contribution in [2.45, 2.75) is 83.5 Å². The molecule has 0 aliphatic carbocycles. The average Bonchev–Trinajstić information content (AvgIpc) is 3.62.